The molecule has 3 aromatic rings. The van der Waals surface area contributed by atoms with E-state index < -0.39 is 24.5 Å². The summed E-state index contributed by atoms with van der Waals surface area (Å²) in [6.45, 7) is 0.669. The van der Waals surface area contributed by atoms with Gasteiger partial charge in [0, 0.05) is 5.41 Å². The second-order valence-corrected chi connectivity index (χ2v) is 7.97. The molecule has 1 saturated heterocycles. The first-order valence-corrected chi connectivity index (χ1v) is 9.83. The summed E-state index contributed by atoms with van der Waals surface area (Å²) < 4.78 is 13.8. The van der Waals surface area contributed by atoms with Crippen LogP contribution in [0, 0.1) is 5.41 Å². The van der Waals surface area contributed by atoms with Crippen molar-refractivity contribution in [1.29, 1.82) is 5.41 Å². The molecule has 0 unspecified atom stereocenters. The van der Waals surface area contributed by atoms with E-state index >= 15 is 0 Å². The van der Waals surface area contributed by atoms with Gasteiger partial charge in [0.2, 0.25) is 0 Å². The fourth-order valence-electron chi connectivity index (χ4n) is 4.04. The van der Waals surface area contributed by atoms with Gasteiger partial charge in [0.15, 0.2) is 22.9 Å². The van der Waals surface area contributed by atoms with E-state index in [1.54, 1.807) is 0 Å². The highest BCUT2D eigenvalue weighted by Gasteiger charge is 2.47. The maximum atomic E-state index is 10.5. The number of nitrogens with one attached hydrogen (secondary N) is 1. The van der Waals surface area contributed by atoms with Gasteiger partial charge in [-0.2, -0.15) is 4.73 Å². The van der Waals surface area contributed by atoms with Crippen LogP contribution in [-0.4, -0.2) is 66.2 Å². The summed E-state index contributed by atoms with van der Waals surface area (Å²) in [5.41, 5.74) is 1.46. The predicted molar refractivity (Wildman–Crippen MR) is 103 cm³/mol. The van der Waals surface area contributed by atoms with Crippen LogP contribution in [0.2, 0.25) is 0 Å². The maximum Gasteiger partial charge on any atom is 0.192 e. The molecule has 30 heavy (non-hydrogen) atoms. The summed E-state index contributed by atoms with van der Waals surface area (Å²) in [5.74, 6) is 0. The molecule has 2 aliphatic rings. The fraction of sp³-hybridized carbons (Fsp3) is 0.450. The van der Waals surface area contributed by atoms with Crippen molar-refractivity contribution in [2.24, 2.45) is 0 Å². The first-order chi connectivity index (χ1) is 14.5. The Kier molecular flexibility index (Phi) is 4.58. The van der Waals surface area contributed by atoms with Crippen LogP contribution in [0.4, 0.5) is 0 Å². The SMILES string of the molecule is N=c1c2ncn([C@@H]3O[C@H](COCC4(c5ccccc5)CC4)[C@@H](O)[C@H]3O)c2ncn1O. The Balaban J connectivity index is 1.28. The molecule has 2 fully saturated rings. The quantitative estimate of drug-likeness (QED) is 0.427. The summed E-state index contributed by atoms with van der Waals surface area (Å²) in [4.78, 5) is 8.13. The van der Waals surface area contributed by atoms with Crippen molar-refractivity contribution in [2.75, 3.05) is 13.2 Å². The number of imidazole rings is 1. The maximum absolute atomic E-state index is 10.5. The van der Waals surface area contributed by atoms with Crippen molar-refractivity contribution in [3.05, 3.63) is 54.0 Å². The van der Waals surface area contributed by atoms with Crippen molar-refractivity contribution in [1.82, 2.24) is 19.3 Å². The molecule has 4 N–H and O–H groups in total. The average Bonchev–Trinajstić information content (AvgIpc) is 3.35. The van der Waals surface area contributed by atoms with Crippen molar-refractivity contribution in [3.63, 3.8) is 0 Å². The smallest absolute Gasteiger partial charge is 0.192 e. The summed E-state index contributed by atoms with van der Waals surface area (Å²) in [7, 11) is 0. The first kappa shape index (κ1) is 19.2. The van der Waals surface area contributed by atoms with Crippen LogP contribution >= 0.6 is 0 Å². The van der Waals surface area contributed by atoms with Crippen LogP contribution in [0.5, 0.6) is 0 Å². The molecule has 5 rings (SSSR count). The number of fused-ring (bicyclic) bond motifs is 1. The number of rotatable bonds is 6. The molecule has 1 saturated carbocycles. The Morgan fingerprint density at radius 3 is 2.63 bits per heavy atom. The molecule has 0 radical (unpaired) electrons. The highest BCUT2D eigenvalue weighted by Crippen LogP contribution is 2.48. The molecule has 10 nitrogen and oxygen atoms in total. The van der Waals surface area contributed by atoms with E-state index in [9.17, 15) is 15.4 Å². The number of aliphatic hydroxyl groups excluding tert-OH is 2. The lowest BCUT2D eigenvalue weighted by atomic mass is 9.97. The van der Waals surface area contributed by atoms with Gasteiger partial charge in [0.25, 0.3) is 0 Å². The lowest BCUT2D eigenvalue weighted by Crippen LogP contribution is -2.34. The van der Waals surface area contributed by atoms with Gasteiger partial charge < -0.3 is 24.9 Å². The van der Waals surface area contributed by atoms with Gasteiger partial charge in [0.1, 0.15) is 24.6 Å². The van der Waals surface area contributed by atoms with Gasteiger partial charge >= 0.3 is 0 Å². The van der Waals surface area contributed by atoms with Gasteiger partial charge in [-0.05, 0) is 18.4 Å². The van der Waals surface area contributed by atoms with E-state index in [1.165, 1.54) is 16.5 Å². The monoisotopic (exact) mass is 413 g/mol. The Labute approximate surface area is 171 Å². The normalized spacial score (nSPS) is 27.5. The molecule has 158 valence electrons. The fourth-order valence-corrected chi connectivity index (χ4v) is 4.04. The molecule has 1 aliphatic carbocycles. The van der Waals surface area contributed by atoms with Gasteiger partial charge in [-0.3, -0.25) is 9.98 Å². The van der Waals surface area contributed by atoms with E-state index in [2.05, 4.69) is 22.1 Å². The van der Waals surface area contributed by atoms with Gasteiger partial charge in [-0.25, -0.2) is 9.97 Å². The number of aliphatic hydroxyl groups is 2. The molecule has 4 atom stereocenters. The van der Waals surface area contributed by atoms with Crippen molar-refractivity contribution >= 4 is 11.2 Å². The standard InChI is InChI=1S/C20H23N5O5/c21-17-14-18(23-11-25(17)28)24(10-22-14)19-16(27)15(26)13(30-19)8-29-9-20(6-7-20)12-4-2-1-3-5-12/h1-5,10-11,13,15-16,19,21,26-28H,6-9H2/t13-,15-,16-,19-/m1/s1. The number of ether oxygens (including phenoxy) is 2. The summed E-state index contributed by atoms with van der Waals surface area (Å²) in [6.07, 6.45) is 0.569. The van der Waals surface area contributed by atoms with Crippen molar-refractivity contribution < 1.29 is 24.9 Å². The molecule has 10 heteroatoms. The molecule has 0 spiro atoms. The minimum Gasteiger partial charge on any atom is -0.425 e. The largest absolute Gasteiger partial charge is 0.425 e. The molecule has 1 aliphatic heterocycles. The van der Waals surface area contributed by atoms with Crippen LogP contribution in [0.25, 0.3) is 11.2 Å². The van der Waals surface area contributed by atoms with E-state index in [-0.39, 0.29) is 28.7 Å². The van der Waals surface area contributed by atoms with E-state index in [4.69, 9.17) is 14.9 Å². The lowest BCUT2D eigenvalue weighted by molar-refractivity contribution is -0.0678. The number of hydrogen-bond acceptors (Lipinski definition) is 8. The van der Waals surface area contributed by atoms with Crippen LogP contribution in [-0.2, 0) is 14.9 Å². The van der Waals surface area contributed by atoms with E-state index in [1.807, 2.05) is 18.2 Å². The summed E-state index contributed by atoms with van der Waals surface area (Å²) >= 11 is 0. The minimum atomic E-state index is -1.21. The number of nitrogens with zero attached hydrogens (tertiary/aromatic N) is 4. The zero-order chi connectivity index (χ0) is 20.9. The molecule has 3 heterocycles. The van der Waals surface area contributed by atoms with E-state index in [0.717, 1.165) is 19.2 Å². The molecule has 1 aromatic carbocycles. The van der Waals surface area contributed by atoms with Gasteiger partial charge in [-0.1, -0.05) is 30.3 Å². The second kappa shape index (κ2) is 7.17. The Morgan fingerprint density at radius 2 is 1.90 bits per heavy atom. The van der Waals surface area contributed by atoms with Crippen molar-refractivity contribution in [2.45, 2.75) is 42.8 Å². The molecule has 0 bridgehead atoms. The van der Waals surface area contributed by atoms with Gasteiger partial charge in [-0.15, -0.1) is 0 Å². The molecular formula is C20H23N5O5. The van der Waals surface area contributed by atoms with Crippen molar-refractivity contribution in [3.8, 4) is 0 Å². The van der Waals surface area contributed by atoms with Crippen LogP contribution < -0.4 is 5.49 Å². The summed E-state index contributed by atoms with van der Waals surface area (Å²) in [5, 5.41) is 38.4. The van der Waals surface area contributed by atoms with Gasteiger partial charge in [0.05, 0.1) is 19.5 Å². The van der Waals surface area contributed by atoms with Crippen LogP contribution in [0.1, 0.15) is 24.6 Å². The third kappa shape index (κ3) is 3.08. The number of aromatic nitrogens is 4. The minimum absolute atomic E-state index is 0.0253. The predicted octanol–water partition coefficient (Wildman–Crippen LogP) is 0.317. The third-order valence-electron chi connectivity index (χ3n) is 6.02. The Bertz CT molecular complexity index is 1110. The summed E-state index contributed by atoms with van der Waals surface area (Å²) in [6, 6.07) is 10.2. The average molecular weight is 413 g/mol. The number of benzene rings is 1. The number of hydrogen-bond donors (Lipinski definition) is 4. The molecule has 2 aromatic heterocycles. The highest BCUT2D eigenvalue weighted by molar-refractivity contribution is 5.68. The molecule has 0 amide bonds. The van der Waals surface area contributed by atoms with Crippen LogP contribution in [0.15, 0.2) is 43.0 Å². The second-order valence-electron chi connectivity index (χ2n) is 7.97. The Hall–Kier alpha value is -2.79. The zero-order valence-corrected chi connectivity index (χ0v) is 16.1. The van der Waals surface area contributed by atoms with E-state index in [0.29, 0.717) is 11.3 Å². The highest BCUT2D eigenvalue weighted by atomic mass is 16.6. The van der Waals surface area contributed by atoms with Crippen LogP contribution in [0.3, 0.4) is 0 Å². The topological polar surface area (TPSA) is 139 Å². The zero-order valence-electron chi connectivity index (χ0n) is 16.1. The third-order valence-corrected chi connectivity index (χ3v) is 6.02. The molecular weight excluding hydrogens is 390 g/mol. The Morgan fingerprint density at radius 1 is 1.13 bits per heavy atom. The lowest BCUT2D eigenvalue weighted by Gasteiger charge is -2.19. The first-order valence-electron chi connectivity index (χ1n) is 9.83.